The first kappa shape index (κ1) is 15.6. The molecular formula is C12H15F4NO2. The van der Waals surface area contributed by atoms with Gasteiger partial charge in [0.25, 0.3) is 0 Å². The van der Waals surface area contributed by atoms with Gasteiger partial charge in [0.15, 0.2) is 0 Å². The average Bonchev–Trinajstić information content (AvgIpc) is 2.34. The molecule has 0 bridgehead atoms. The molecule has 7 heteroatoms. The fourth-order valence-electron chi connectivity index (χ4n) is 1.35. The summed E-state index contributed by atoms with van der Waals surface area (Å²) in [6.45, 7) is -0.999. The number of hydrogen-bond acceptors (Lipinski definition) is 3. The Morgan fingerprint density at radius 1 is 1.26 bits per heavy atom. The van der Waals surface area contributed by atoms with Gasteiger partial charge in [-0.05, 0) is 18.6 Å². The van der Waals surface area contributed by atoms with E-state index in [-0.39, 0.29) is 12.3 Å². The van der Waals surface area contributed by atoms with Crippen LogP contribution in [0.25, 0.3) is 0 Å². The van der Waals surface area contributed by atoms with E-state index >= 15 is 0 Å². The van der Waals surface area contributed by atoms with Crippen molar-refractivity contribution in [1.29, 1.82) is 0 Å². The van der Waals surface area contributed by atoms with Crippen LogP contribution in [-0.4, -0.2) is 33.0 Å². The van der Waals surface area contributed by atoms with E-state index in [1.807, 2.05) is 0 Å². The summed E-state index contributed by atoms with van der Waals surface area (Å²) < 4.78 is 58.0. The third-order valence-electron chi connectivity index (χ3n) is 2.22. The highest BCUT2D eigenvalue weighted by atomic mass is 19.4. The molecule has 108 valence electrons. The van der Waals surface area contributed by atoms with Crippen LogP contribution in [0.15, 0.2) is 18.2 Å². The summed E-state index contributed by atoms with van der Waals surface area (Å²) in [4.78, 5) is 0. The number of nitrogens with one attached hydrogen (secondary N) is 1. The van der Waals surface area contributed by atoms with Crippen LogP contribution in [0.5, 0.6) is 5.75 Å². The molecule has 0 radical (unpaired) electrons. The molecule has 0 spiro atoms. The molecule has 1 aromatic carbocycles. The third kappa shape index (κ3) is 6.28. The number of anilines is 1. The molecule has 0 saturated heterocycles. The first-order valence-electron chi connectivity index (χ1n) is 5.64. The van der Waals surface area contributed by atoms with Gasteiger partial charge in [0.1, 0.15) is 18.2 Å². The van der Waals surface area contributed by atoms with Gasteiger partial charge in [0, 0.05) is 19.2 Å². The highest BCUT2D eigenvalue weighted by molar-refractivity contribution is 5.49. The van der Waals surface area contributed by atoms with Crippen LogP contribution in [0.2, 0.25) is 0 Å². The number of hydrogen-bond donors (Lipinski definition) is 1. The fraction of sp³-hybridized carbons (Fsp3) is 0.500. The molecule has 1 aromatic rings. The lowest BCUT2D eigenvalue weighted by molar-refractivity contribution is -0.173. The minimum Gasteiger partial charge on any atom is -0.497 e. The van der Waals surface area contributed by atoms with Gasteiger partial charge in [-0.3, -0.25) is 0 Å². The molecule has 0 saturated carbocycles. The Bertz CT molecular complexity index is 396. The van der Waals surface area contributed by atoms with Gasteiger partial charge in [0.2, 0.25) is 0 Å². The third-order valence-corrected chi connectivity index (χ3v) is 2.22. The summed E-state index contributed by atoms with van der Waals surface area (Å²) >= 11 is 0. The molecule has 0 atom stereocenters. The Hall–Kier alpha value is -1.50. The smallest absolute Gasteiger partial charge is 0.411 e. The van der Waals surface area contributed by atoms with Crippen molar-refractivity contribution in [2.45, 2.75) is 12.6 Å². The predicted molar refractivity (Wildman–Crippen MR) is 62.9 cm³/mol. The Kier molecular flexibility index (Phi) is 5.88. The maximum Gasteiger partial charge on any atom is 0.411 e. The van der Waals surface area contributed by atoms with Crippen LogP contribution in [-0.2, 0) is 4.74 Å². The molecule has 0 amide bonds. The normalized spacial score (nSPS) is 11.4. The standard InChI is InChI=1S/C12H15F4NO2/c1-18-9-3-4-10(13)11(7-9)17-5-2-6-19-8-12(14,15)16/h3-4,7,17H,2,5-6,8H2,1H3. The lowest BCUT2D eigenvalue weighted by atomic mass is 10.2. The maximum atomic E-state index is 13.3. The van der Waals surface area contributed by atoms with Crippen LogP contribution in [0.3, 0.4) is 0 Å². The van der Waals surface area contributed by atoms with Crippen LogP contribution in [0.1, 0.15) is 6.42 Å². The highest BCUT2D eigenvalue weighted by Gasteiger charge is 2.27. The van der Waals surface area contributed by atoms with E-state index in [4.69, 9.17) is 4.74 Å². The van der Waals surface area contributed by atoms with E-state index in [1.165, 1.54) is 25.3 Å². The number of halogens is 4. The zero-order valence-corrected chi connectivity index (χ0v) is 10.4. The zero-order valence-electron chi connectivity index (χ0n) is 10.4. The average molecular weight is 281 g/mol. The molecule has 0 aliphatic carbocycles. The van der Waals surface area contributed by atoms with Crippen molar-refractivity contribution < 1.29 is 27.0 Å². The van der Waals surface area contributed by atoms with Crippen molar-refractivity contribution in [3.05, 3.63) is 24.0 Å². The second-order valence-corrected chi connectivity index (χ2v) is 3.79. The molecule has 0 unspecified atom stereocenters. The summed E-state index contributed by atoms with van der Waals surface area (Å²) in [6.07, 6.45) is -3.97. The van der Waals surface area contributed by atoms with E-state index in [0.717, 1.165) is 0 Å². The summed E-state index contributed by atoms with van der Waals surface area (Å²) in [5.74, 6) is 0.0502. The van der Waals surface area contributed by atoms with Crippen molar-refractivity contribution in [2.75, 3.05) is 32.2 Å². The highest BCUT2D eigenvalue weighted by Crippen LogP contribution is 2.21. The monoisotopic (exact) mass is 281 g/mol. The van der Waals surface area contributed by atoms with E-state index in [0.29, 0.717) is 18.7 Å². The summed E-state index contributed by atoms with van der Waals surface area (Å²) in [5, 5.41) is 2.77. The molecule has 0 aliphatic rings. The van der Waals surface area contributed by atoms with Gasteiger partial charge in [-0.1, -0.05) is 0 Å². The molecule has 0 heterocycles. The van der Waals surface area contributed by atoms with Crippen LogP contribution in [0.4, 0.5) is 23.2 Å². The van der Waals surface area contributed by atoms with Gasteiger partial charge in [-0.25, -0.2) is 4.39 Å². The van der Waals surface area contributed by atoms with Gasteiger partial charge in [-0.2, -0.15) is 13.2 Å². The maximum absolute atomic E-state index is 13.3. The largest absolute Gasteiger partial charge is 0.497 e. The lowest BCUT2D eigenvalue weighted by Gasteiger charge is -2.10. The van der Waals surface area contributed by atoms with Crippen molar-refractivity contribution in [3.63, 3.8) is 0 Å². The molecule has 0 fully saturated rings. The number of benzene rings is 1. The molecule has 3 nitrogen and oxygen atoms in total. The number of ether oxygens (including phenoxy) is 2. The number of rotatable bonds is 7. The van der Waals surface area contributed by atoms with Crippen molar-refractivity contribution in [1.82, 2.24) is 0 Å². The Morgan fingerprint density at radius 3 is 2.63 bits per heavy atom. The molecule has 1 N–H and O–H groups in total. The minimum absolute atomic E-state index is 0.0436. The van der Waals surface area contributed by atoms with Crippen molar-refractivity contribution in [2.24, 2.45) is 0 Å². The Morgan fingerprint density at radius 2 is 2.00 bits per heavy atom. The topological polar surface area (TPSA) is 30.5 Å². The fourth-order valence-corrected chi connectivity index (χ4v) is 1.35. The first-order chi connectivity index (χ1) is 8.92. The molecule has 0 aliphatic heterocycles. The van der Waals surface area contributed by atoms with E-state index < -0.39 is 18.6 Å². The molecule has 1 rings (SSSR count). The Labute approximate surface area is 108 Å². The molecular weight excluding hydrogens is 266 g/mol. The SMILES string of the molecule is COc1ccc(F)c(NCCCOCC(F)(F)F)c1. The van der Waals surface area contributed by atoms with Gasteiger partial charge < -0.3 is 14.8 Å². The first-order valence-corrected chi connectivity index (χ1v) is 5.64. The van der Waals surface area contributed by atoms with E-state index in [9.17, 15) is 17.6 Å². The van der Waals surface area contributed by atoms with E-state index in [2.05, 4.69) is 10.1 Å². The molecule has 19 heavy (non-hydrogen) atoms. The van der Waals surface area contributed by atoms with Crippen LogP contribution < -0.4 is 10.1 Å². The minimum atomic E-state index is -4.31. The quantitative estimate of drug-likeness (QED) is 0.615. The number of methoxy groups -OCH3 is 1. The summed E-state index contributed by atoms with van der Waals surface area (Å²) in [7, 11) is 1.46. The zero-order chi connectivity index (χ0) is 14.3. The number of alkyl halides is 3. The summed E-state index contributed by atoms with van der Waals surface area (Å²) in [5.41, 5.74) is 0.246. The summed E-state index contributed by atoms with van der Waals surface area (Å²) in [6, 6.07) is 4.21. The molecule has 0 aromatic heterocycles. The van der Waals surface area contributed by atoms with Crippen molar-refractivity contribution in [3.8, 4) is 5.75 Å². The van der Waals surface area contributed by atoms with Crippen LogP contribution >= 0.6 is 0 Å². The predicted octanol–water partition coefficient (Wildman–Crippen LogP) is 3.22. The van der Waals surface area contributed by atoms with Gasteiger partial charge in [0.05, 0.1) is 12.8 Å². The Balaban J connectivity index is 2.26. The van der Waals surface area contributed by atoms with E-state index in [1.54, 1.807) is 0 Å². The van der Waals surface area contributed by atoms with Crippen LogP contribution in [0, 0.1) is 5.82 Å². The second kappa shape index (κ2) is 7.18. The second-order valence-electron chi connectivity index (χ2n) is 3.79. The lowest BCUT2D eigenvalue weighted by Crippen LogP contribution is -2.18. The van der Waals surface area contributed by atoms with Gasteiger partial charge in [-0.15, -0.1) is 0 Å². The van der Waals surface area contributed by atoms with Crippen molar-refractivity contribution >= 4 is 5.69 Å². The van der Waals surface area contributed by atoms with Gasteiger partial charge >= 0.3 is 6.18 Å².